The van der Waals surface area contributed by atoms with Gasteiger partial charge < -0.3 is 15.0 Å². The normalized spacial score (nSPS) is 10.2. The van der Waals surface area contributed by atoms with Crippen molar-refractivity contribution in [2.45, 2.75) is 19.8 Å². The molecular weight excluding hydrogens is 292 g/mol. The molecule has 6 heteroatoms. The van der Waals surface area contributed by atoms with E-state index in [4.69, 9.17) is 4.74 Å². The molecule has 1 aromatic heterocycles. The van der Waals surface area contributed by atoms with Crippen LogP contribution in [0.4, 0.5) is 11.6 Å². The third-order valence-electron chi connectivity index (χ3n) is 3.45. The van der Waals surface area contributed by atoms with Gasteiger partial charge in [0.1, 0.15) is 5.75 Å². The largest absolute Gasteiger partial charge is 0.495 e. The summed E-state index contributed by atoms with van der Waals surface area (Å²) in [5.74, 6) is 1.06. The number of benzene rings is 1. The molecule has 0 aliphatic carbocycles. The number of nitrogens with zero attached hydrogens (tertiary/aromatic N) is 3. The second kappa shape index (κ2) is 8.12. The molecule has 1 N–H and O–H groups in total. The van der Waals surface area contributed by atoms with Crippen molar-refractivity contribution in [3.8, 4) is 5.75 Å². The first-order valence-electron chi connectivity index (χ1n) is 7.63. The first-order valence-corrected chi connectivity index (χ1v) is 7.63. The topological polar surface area (TPSA) is 67.4 Å². The molecule has 0 aliphatic rings. The van der Waals surface area contributed by atoms with Gasteiger partial charge in [-0.15, -0.1) is 0 Å². The molecule has 0 fully saturated rings. The molecule has 0 radical (unpaired) electrons. The van der Waals surface area contributed by atoms with Gasteiger partial charge in [-0.05, 0) is 18.6 Å². The number of ether oxygens (including phenoxy) is 1. The summed E-state index contributed by atoms with van der Waals surface area (Å²) in [6, 6.07) is 7.51. The molecule has 2 aromatic rings. The molecule has 1 amide bonds. The molecule has 0 bridgehead atoms. The lowest BCUT2D eigenvalue weighted by Crippen LogP contribution is -2.27. The summed E-state index contributed by atoms with van der Waals surface area (Å²) in [6.07, 6.45) is 5.11. The van der Waals surface area contributed by atoms with Gasteiger partial charge in [0.05, 0.1) is 18.4 Å². The van der Waals surface area contributed by atoms with E-state index in [1.54, 1.807) is 19.1 Å². The van der Waals surface area contributed by atoms with Crippen molar-refractivity contribution in [1.82, 2.24) is 14.9 Å². The molecule has 0 unspecified atom stereocenters. The van der Waals surface area contributed by atoms with Crippen LogP contribution in [0.2, 0.25) is 0 Å². The molecular formula is C17H22N4O2. The number of carbonyl (C=O) groups excluding carboxylic acids is 1. The standard InChI is InChI=1S/C17H22N4O2/c1-4-5-10-21(2)16(22)13-11-18-17(19-12-13)20-14-8-6-7-9-15(14)23-3/h6-9,11-12H,4-5,10H2,1-3H3,(H,18,19,20). The Bertz CT molecular complexity index is 643. The maximum atomic E-state index is 12.2. The molecule has 1 aromatic carbocycles. The van der Waals surface area contributed by atoms with Gasteiger partial charge in [0.15, 0.2) is 0 Å². The van der Waals surface area contributed by atoms with Gasteiger partial charge in [-0.1, -0.05) is 25.5 Å². The highest BCUT2D eigenvalue weighted by atomic mass is 16.5. The summed E-state index contributed by atoms with van der Waals surface area (Å²) >= 11 is 0. The number of amides is 1. The van der Waals surface area contributed by atoms with E-state index >= 15 is 0 Å². The van der Waals surface area contributed by atoms with Crippen LogP contribution < -0.4 is 10.1 Å². The number of hydrogen-bond donors (Lipinski definition) is 1. The molecule has 6 nitrogen and oxygen atoms in total. The monoisotopic (exact) mass is 314 g/mol. The van der Waals surface area contributed by atoms with Gasteiger partial charge in [0.2, 0.25) is 5.95 Å². The van der Waals surface area contributed by atoms with E-state index in [1.165, 1.54) is 12.4 Å². The van der Waals surface area contributed by atoms with Crippen LogP contribution in [0, 0.1) is 0 Å². The van der Waals surface area contributed by atoms with E-state index in [2.05, 4.69) is 22.2 Å². The lowest BCUT2D eigenvalue weighted by atomic mass is 10.2. The van der Waals surface area contributed by atoms with E-state index < -0.39 is 0 Å². The van der Waals surface area contributed by atoms with Gasteiger partial charge >= 0.3 is 0 Å². The number of unbranched alkanes of at least 4 members (excludes halogenated alkanes) is 1. The molecule has 0 saturated heterocycles. The summed E-state index contributed by atoms with van der Waals surface area (Å²) < 4.78 is 5.27. The fourth-order valence-electron chi connectivity index (χ4n) is 2.09. The van der Waals surface area contributed by atoms with Crippen molar-refractivity contribution in [3.05, 3.63) is 42.2 Å². The van der Waals surface area contributed by atoms with Crippen molar-refractivity contribution in [3.63, 3.8) is 0 Å². The van der Waals surface area contributed by atoms with Crippen molar-refractivity contribution in [2.75, 3.05) is 26.0 Å². The highest BCUT2D eigenvalue weighted by Crippen LogP contribution is 2.25. The van der Waals surface area contributed by atoms with Gasteiger partial charge in [-0.25, -0.2) is 9.97 Å². The summed E-state index contributed by atoms with van der Waals surface area (Å²) in [6.45, 7) is 2.83. The summed E-state index contributed by atoms with van der Waals surface area (Å²) in [5, 5.41) is 3.08. The lowest BCUT2D eigenvalue weighted by Gasteiger charge is -2.16. The minimum Gasteiger partial charge on any atom is -0.495 e. The van der Waals surface area contributed by atoms with Crippen molar-refractivity contribution in [1.29, 1.82) is 0 Å². The molecule has 23 heavy (non-hydrogen) atoms. The van der Waals surface area contributed by atoms with Crippen LogP contribution in [0.15, 0.2) is 36.7 Å². The zero-order valence-electron chi connectivity index (χ0n) is 13.7. The number of anilines is 2. The number of para-hydroxylation sites is 2. The first kappa shape index (κ1) is 16.7. The van der Waals surface area contributed by atoms with Crippen LogP contribution in [-0.4, -0.2) is 41.5 Å². The number of carbonyl (C=O) groups is 1. The van der Waals surface area contributed by atoms with Crippen LogP contribution in [0.5, 0.6) is 5.75 Å². The Morgan fingerprint density at radius 1 is 1.26 bits per heavy atom. The summed E-state index contributed by atoms with van der Waals surface area (Å²) in [5.41, 5.74) is 1.25. The van der Waals surface area contributed by atoms with Crippen molar-refractivity contribution >= 4 is 17.5 Å². The molecule has 0 aliphatic heterocycles. The fourth-order valence-corrected chi connectivity index (χ4v) is 2.09. The Kier molecular flexibility index (Phi) is 5.91. The average molecular weight is 314 g/mol. The highest BCUT2D eigenvalue weighted by molar-refractivity contribution is 5.93. The Morgan fingerprint density at radius 2 is 1.96 bits per heavy atom. The predicted octanol–water partition coefficient (Wildman–Crippen LogP) is 3.10. The van der Waals surface area contributed by atoms with Crippen LogP contribution >= 0.6 is 0 Å². The predicted molar refractivity (Wildman–Crippen MR) is 90.2 cm³/mol. The number of aromatic nitrogens is 2. The minimum absolute atomic E-state index is 0.0673. The molecule has 0 saturated carbocycles. The van der Waals surface area contributed by atoms with Crippen molar-refractivity contribution in [2.24, 2.45) is 0 Å². The second-order valence-electron chi connectivity index (χ2n) is 5.20. The van der Waals surface area contributed by atoms with Crippen molar-refractivity contribution < 1.29 is 9.53 Å². The van der Waals surface area contributed by atoms with E-state index in [0.29, 0.717) is 17.3 Å². The molecule has 0 atom stereocenters. The fraction of sp³-hybridized carbons (Fsp3) is 0.353. The number of rotatable bonds is 7. The number of hydrogen-bond acceptors (Lipinski definition) is 5. The minimum atomic E-state index is -0.0673. The van der Waals surface area contributed by atoms with E-state index in [0.717, 1.165) is 25.1 Å². The van der Waals surface area contributed by atoms with E-state index in [1.807, 2.05) is 24.3 Å². The van der Waals surface area contributed by atoms with E-state index in [9.17, 15) is 4.79 Å². The third kappa shape index (κ3) is 4.42. The van der Waals surface area contributed by atoms with Gasteiger partial charge in [-0.2, -0.15) is 0 Å². The summed E-state index contributed by atoms with van der Waals surface area (Å²) in [4.78, 5) is 22.3. The zero-order valence-corrected chi connectivity index (χ0v) is 13.7. The third-order valence-corrected chi connectivity index (χ3v) is 3.45. The van der Waals surface area contributed by atoms with Crippen LogP contribution in [0.1, 0.15) is 30.1 Å². The molecule has 122 valence electrons. The van der Waals surface area contributed by atoms with Crippen LogP contribution in [-0.2, 0) is 0 Å². The van der Waals surface area contributed by atoms with Crippen LogP contribution in [0.25, 0.3) is 0 Å². The summed E-state index contributed by atoms with van der Waals surface area (Å²) in [7, 11) is 3.40. The number of methoxy groups -OCH3 is 1. The van der Waals surface area contributed by atoms with Crippen LogP contribution in [0.3, 0.4) is 0 Å². The lowest BCUT2D eigenvalue weighted by molar-refractivity contribution is 0.0792. The second-order valence-corrected chi connectivity index (χ2v) is 5.20. The molecule has 0 spiro atoms. The Balaban J connectivity index is 2.06. The Hall–Kier alpha value is -2.63. The van der Waals surface area contributed by atoms with E-state index in [-0.39, 0.29) is 5.91 Å². The molecule has 2 rings (SSSR count). The zero-order chi connectivity index (χ0) is 16.7. The maximum Gasteiger partial charge on any atom is 0.256 e. The van der Waals surface area contributed by atoms with Gasteiger partial charge in [-0.3, -0.25) is 4.79 Å². The highest BCUT2D eigenvalue weighted by Gasteiger charge is 2.12. The number of nitrogens with one attached hydrogen (secondary N) is 1. The Morgan fingerprint density at radius 3 is 2.61 bits per heavy atom. The SMILES string of the molecule is CCCCN(C)C(=O)c1cnc(Nc2ccccc2OC)nc1. The Labute approximate surface area is 136 Å². The quantitative estimate of drug-likeness (QED) is 0.850. The van der Waals surface area contributed by atoms with Gasteiger partial charge in [0, 0.05) is 26.0 Å². The first-order chi connectivity index (χ1) is 11.2. The smallest absolute Gasteiger partial charge is 0.256 e. The maximum absolute atomic E-state index is 12.2. The average Bonchev–Trinajstić information content (AvgIpc) is 2.60. The molecule has 1 heterocycles. The van der Waals surface area contributed by atoms with Gasteiger partial charge in [0.25, 0.3) is 5.91 Å².